The molecule has 2 heterocycles. The summed E-state index contributed by atoms with van der Waals surface area (Å²) in [5.74, 6) is 0.552. The van der Waals surface area contributed by atoms with Crippen LogP contribution in [0.15, 0.2) is 54.7 Å². The van der Waals surface area contributed by atoms with E-state index < -0.39 is 0 Å². The number of nitrogens with one attached hydrogen (secondary N) is 1. The molecule has 1 aliphatic rings. The molecular formula is C23H23ClN4O2. The van der Waals surface area contributed by atoms with Crippen molar-refractivity contribution >= 4 is 34.7 Å². The van der Waals surface area contributed by atoms with E-state index in [0.717, 1.165) is 24.2 Å². The molecule has 0 radical (unpaired) electrons. The van der Waals surface area contributed by atoms with E-state index in [-0.39, 0.29) is 17.8 Å². The number of halogens is 1. The first-order valence-electron chi connectivity index (χ1n) is 9.74. The van der Waals surface area contributed by atoms with Crippen molar-refractivity contribution in [1.29, 1.82) is 0 Å². The summed E-state index contributed by atoms with van der Waals surface area (Å²) in [6.07, 6.45) is 2.18. The highest BCUT2D eigenvalue weighted by Crippen LogP contribution is 2.30. The number of aromatic nitrogens is 1. The number of fused-ring (bicyclic) bond motifs is 1. The lowest BCUT2D eigenvalue weighted by atomic mass is 10.1. The Kier molecular flexibility index (Phi) is 5.50. The zero-order valence-corrected chi connectivity index (χ0v) is 17.6. The number of nitrogens with two attached hydrogens (primary N) is 1. The van der Waals surface area contributed by atoms with Gasteiger partial charge in [0.1, 0.15) is 6.10 Å². The molecule has 1 aromatic heterocycles. The average molecular weight is 423 g/mol. The molecule has 1 amide bonds. The van der Waals surface area contributed by atoms with Gasteiger partial charge in [-0.05, 0) is 48.7 Å². The molecule has 6 nitrogen and oxygen atoms in total. The topological polar surface area (TPSA) is 80.5 Å². The molecular weight excluding hydrogens is 400 g/mol. The normalized spacial score (nSPS) is 13.6. The van der Waals surface area contributed by atoms with Crippen LogP contribution in [-0.4, -0.2) is 24.5 Å². The minimum atomic E-state index is -0.307. The molecule has 0 saturated carbocycles. The Bertz CT molecular complexity index is 1100. The smallest absolute Gasteiger partial charge is 0.255 e. The van der Waals surface area contributed by atoms with Crippen LogP contribution >= 0.6 is 11.6 Å². The van der Waals surface area contributed by atoms with Crippen molar-refractivity contribution in [3.8, 4) is 5.75 Å². The van der Waals surface area contributed by atoms with Crippen LogP contribution in [0.3, 0.4) is 0 Å². The molecule has 2 aromatic carbocycles. The summed E-state index contributed by atoms with van der Waals surface area (Å²) in [4.78, 5) is 18.9. The van der Waals surface area contributed by atoms with Gasteiger partial charge in [0.05, 0.1) is 5.02 Å². The highest BCUT2D eigenvalue weighted by atomic mass is 35.5. The molecule has 1 atom stereocenters. The Morgan fingerprint density at radius 1 is 1.27 bits per heavy atom. The molecule has 4 rings (SSSR count). The van der Waals surface area contributed by atoms with Gasteiger partial charge in [-0.3, -0.25) is 4.79 Å². The van der Waals surface area contributed by atoms with E-state index in [4.69, 9.17) is 22.1 Å². The zero-order chi connectivity index (χ0) is 21.3. The van der Waals surface area contributed by atoms with Gasteiger partial charge in [0.2, 0.25) is 0 Å². The minimum absolute atomic E-state index is 0.146. The van der Waals surface area contributed by atoms with Crippen molar-refractivity contribution in [2.24, 2.45) is 0 Å². The van der Waals surface area contributed by atoms with Crippen molar-refractivity contribution in [3.63, 3.8) is 0 Å². The number of ether oxygens (including phenoxy) is 1. The van der Waals surface area contributed by atoms with E-state index >= 15 is 0 Å². The molecule has 0 fully saturated rings. The fourth-order valence-corrected chi connectivity index (χ4v) is 3.69. The third-order valence-electron chi connectivity index (χ3n) is 5.24. The predicted octanol–water partition coefficient (Wildman–Crippen LogP) is 4.70. The van der Waals surface area contributed by atoms with Gasteiger partial charge in [-0.15, -0.1) is 0 Å². The number of anilines is 3. The molecule has 3 aromatic rings. The molecule has 7 heteroatoms. The maximum atomic E-state index is 12.8. The Morgan fingerprint density at radius 2 is 2.10 bits per heavy atom. The zero-order valence-electron chi connectivity index (χ0n) is 16.9. The third-order valence-corrected chi connectivity index (χ3v) is 5.45. The number of nitrogens with zero attached hydrogens (tertiary/aromatic N) is 2. The van der Waals surface area contributed by atoms with Gasteiger partial charge in [0.15, 0.2) is 11.6 Å². The van der Waals surface area contributed by atoms with E-state index in [1.165, 1.54) is 11.8 Å². The fraction of sp³-hybridized carbons (Fsp3) is 0.217. The first-order valence-corrected chi connectivity index (χ1v) is 10.1. The van der Waals surface area contributed by atoms with Crippen molar-refractivity contribution in [3.05, 3.63) is 76.4 Å². The number of rotatable bonds is 5. The fourth-order valence-electron chi connectivity index (χ4n) is 3.54. The largest absolute Gasteiger partial charge is 0.482 e. The molecule has 0 unspecified atom stereocenters. The van der Waals surface area contributed by atoms with E-state index in [9.17, 15) is 4.79 Å². The lowest BCUT2D eigenvalue weighted by Gasteiger charge is -2.17. The van der Waals surface area contributed by atoms with Gasteiger partial charge in [-0.25, -0.2) is 4.98 Å². The first-order chi connectivity index (χ1) is 14.4. The molecule has 1 aliphatic heterocycles. The number of hydrogen-bond donors (Lipinski definition) is 2. The standard InChI is InChI=1S/C23H23ClN4O2/c1-14(30-21-12-18(24)13-26-22(21)25)16-4-3-5-19(10-16)27-23(29)17-7-6-15-8-9-28(2)20(15)11-17/h3-7,10-14H,8-9H2,1-2H3,(H2,25,26)(H,27,29)/t14-/m1/s1. The Hall–Kier alpha value is -3.25. The van der Waals surface area contributed by atoms with Crippen LogP contribution in [0.2, 0.25) is 5.02 Å². The molecule has 0 bridgehead atoms. The first kappa shape index (κ1) is 20.0. The summed E-state index contributed by atoms with van der Waals surface area (Å²) in [6, 6.07) is 15.0. The summed E-state index contributed by atoms with van der Waals surface area (Å²) < 4.78 is 5.93. The molecule has 0 saturated heterocycles. The number of pyridine rings is 1. The predicted molar refractivity (Wildman–Crippen MR) is 121 cm³/mol. The second kappa shape index (κ2) is 8.24. The summed E-state index contributed by atoms with van der Waals surface area (Å²) in [5, 5.41) is 3.42. The van der Waals surface area contributed by atoms with Crippen LogP contribution in [0.1, 0.15) is 34.5 Å². The van der Waals surface area contributed by atoms with Gasteiger partial charge in [0.25, 0.3) is 5.91 Å². The maximum absolute atomic E-state index is 12.8. The van der Waals surface area contributed by atoms with Gasteiger partial charge < -0.3 is 20.7 Å². The number of benzene rings is 2. The lowest BCUT2D eigenvalue weighted by Crippen LogP contribution is -2.15. The third kappa shape index (κ3) is 4.19. The van der Waals surface area contributed by atoms with E-state index in [0.29, 0.717) is 22.0 Å². The average Bonchev–Trinajstić information content (AvgIpc) is 3.11. The van der Waals surface area contributed by atoms with Crippen LogP contribution in [0, 0.1) is 0 Å². The number of nitrogen functional groups attached to an aromatic ring is 1. The Morgan fingerprint density at radius 3 is 2.93 bits per heavy atom. The van der Waals surface area contributed by atoms with E-state index in [1.807, 2.05) is 56.4 Å². The molecule has 154 valence electrons. The molecule has 0 aliphatic carbocycles. The Balaban J connectivity index is 1.49. The second-order valence-corrected chi connectivity index (χ2v) is 7.83. The lowest BCUT2D eigenvalue weighted by molar-refractivity contribution is 0.102. The van der Waals surface area contributed by atoms with Crippen LogP contribution < -0.4 is 20.7 Å². The van der Waals surface area contributed by atoms with Crippen LogP contribution in [0.25, 0.3) is 0 Å². The maximum Gasteiger partial charge on any atom is 0.255 e. The van der Waals surface area contributed by atoms with Crippen LogP contribution in [0.5, 0.6) is 5.75 Å². The number of carbonyl (C=O) groups excluding carboxylic acids is 1. The summed E-state index contributed by atoms with van der Waals surface area (Å²) in [6.45, 7) is 2.88. The summed E-state index contributed by atoms with van der Waals surface area (Å²) in [5.41, 5.74) is 10.5. The molecule has 30 heavy (non-hydrogen) atoms. The van der Waals surface area contributed by atoms with Gasteiger partial charge in [0, 0.05) is 42.8 Å². The van der Waals surface area contributed by atoms with E-state index in [2.05, 4.69) is 15.2 Å². The monoisotopic (exact) mass is 422 g/mol. The van der Waals surface area contributed by atoms with Gasteiger partial charge in [-0.1, -0.05) is 29.8 Å². The highest BCUT2D eigenvalue weighted by Gasteiger charge is 2.18. The number of carbonyl (C=O) groups is 1. The van der Waals surface area contributed by atoms with Crippen molar-refractivity contribution in [1.82, 2.24) is 4.98 Å². The van der Waals surface area contributed by atoms with Crippen molar-refractivity contribution in [2.45, 2.75) is 19.4 Å². The molecule has 3 N–H and O–H groups in total. The SMILES string of the molecule is C[C@@H](Oc1cc(Cl)cnc1N)c1cccc(NC(=O)c2ccc3c(c2)N(C)CC3)c1. The number of amides is 1. The molecule has 0 spiro atoms. The van der Waals surface area contributed by atoms with E-state index in [1.54, 1.807) is 6.07 Å². The highest BCUT2D eigenvalue weighted by molar-refractivity contribution is 6.30. The quantitative estimate of drug-likeness (QED) is 0.622. The van der Waals surface area contributed by atoms with Crippen LogP contribution in [-0.2, 0) is 6.42 Å². The van der Waals surface area contributed by atoms with Gasteiger partial charge in [-0.2, -0.15) is 0 Å². The van der Waals surface area contributed by atoms with Crippen molar-refractivity contribution in [2.75, 3.05) is 29.5 Å². The summed E-state index contributed by atoms with van der Waals surface area (Å²) in [7, 11) is 2.04. The van der Waals surface area contributed by atoms with Crippen molar-refractivity contribution < 1.29 is 9.53 Å². The van der Waals surface area contributed by atoms with Gasteiger partial charge >= 0.3 is 0 Å². The Labute approximate surface area is 180 Å². The minimum Gasteiger partial charge on any atom is -0.482 e. The number of hydrogen-bond acceptors (Lipinski definition) is 5. The summed E-state index contributed by atoms with van der Waals surface area (Å²) >= 11 is 5.98. The number of likely N-dealkylation sites (N-methyl/N-ethyl adjacent to an activating group) is 1. The second-order valence-electron chi connectivity index (χ2n) is 7.39. The van der Waals surface area contributed by atoms with Crippen LogP contribution in [0.4, 0.5) is 17.2 Å².